The Balaban J connectivity index is 2.65. The molecule has 0 aliphatic carbocycles. The van der Waals surface area contributed by atoms with Crippen molar-refractivity contribution in [2.75, 3.05) is 6.54 Å². The summed E-state index contributed by atoms with van der Waals surface area (Å²) in [5.74, 6) is 0.303. The Kier molecular flexibility index (Phi) is 3.04. The molecule has 68 valence electrons. The number of carbonyl (C=O) groups excluding carboxylic acids is 1. The second-order valence-electron chi connectivity index (χ2n) is 3.38. The molecule has 2 heteroatoms. The molecule has 1 atom stereocenters. The van der Waals surface area contributed by atoms with Gasteiger partial charge in [0.1, 0.15) is 0 Å². The number of ketones is 1. The summed E-state index contributed by atoms with van der Waals surface area (Å²) >= 11 is 0. The minimum Gasteiger partial charge on any atom is -0.305 e. The highest BCUT2D eigenvalue weighted by atomic mass is 16.1. The van der Waals surface area contributed by atoms with Crippen LogP contribution in [-0.4, -0.2) is 17.9 Å². The van der Waals surface area contributed by atoms with E-state index < -0.39 is 0 Å². The molecule has 0 spiro atoms. The Hall–Kier alpha value is -0.630. The number of hydrogen-bond donors (Lipinski definition) is 1. The number of hydrogen-bond acceptors (Lipinski definition) is 2. The average molecular weight is 167 g/mol. The van der Waals surface area contributed by atoms with E-state index in [0.29, 0.717) is 12.2 Å². The summed E-state index contributed by atoms with van der Waals surface area (Å²) in [5.41, 5.74) is -0.214. The van der Waals surface area contributed by atoms with Crippen LogP contribution in [0.25, 0.3) is 0 Å². The molecular weight excluding hydrogens is 150 g/mol. The van der Waals surface area contributed by atoms with E-state index in [4.69, 9.17) is 0 Å². The van der Waals surface area contributed by atoms with Crippen molar-refractivity contribution in [1.29, 1.82) is 0 Å². The third-order valence-electron chi connectivity index (χ3n) is 2.71. The molecule has 1 fully saturated rings. The van der Waals surface area contributed by atoms with Gasteiger partial charge in [-0.25, -0.2) is 0 Å². The molecule has 2 nitrogen and oxygen atoms in total. The quantitative estimate of drug-likeness (QED) is 0.645. The van der Waals surface area contributed by atoms with Gasteiger partial charge >= 0.3 is 0 Å². The molecule has 12 heavy (non-hydrogen) atoms. The van der Waals surface area contributed by atoms with Crippen LogP contribution in [0.1, 0.15) is 32.6 Å². The minimum absolute atomic E-state index is 0.214. The first kappa shape index (κ1) is 9.46. The number of Topliss-reactive ketones (excluding diaryl/α,β-unsaturated/α-hetero) is 1. The van der Waals surface area contributed by atoms with Crippen LogP contribution < -0.4 is 5.32 Å². The van der Waals surface area contributed by atoms with Gasteiger partial charge in [-0.2, -0.15) is 0 Å². The third kappa shape index (κ3) is 1.58. The normalized spacial score (nSPS) is 28.8. The zero-order valence-electron chi connectivity index (χ0n) is 7.73. The summed E-state index contributed by atoms with van der Waals surface area (Å²) in [5, 5.41) is 3.31. The molecule has 1 saturated heterocycles. The van der Waals surface area contributed by atoms with Crippen LogP contribution in [0, 0.1) is 0 Å². The highest BCUT2D eigenvalue weighted by Gasteiger charge is 2.37. The third-order valence-corrected chi connectivity index (χ3v) is 2.71. The molecule has 0 aromatic heterocycles. The van der Waals surface area contributed by atoms with E-state index in [0.717, 1.165) is 25.8 Å². The maximum absolute atomic E-state index is 11.7. The Bertz CT molecular complexity index is 180. The molecule has 0 aromatic rings. The van der Waals surface area contributed by atoms with Crippen molar-refractivity contribution in [1.82, 2.24) is 5.32 Å². The van der Waals surface area contributed by atoms with E-state index in [2.05, 4.69) is 18.8 Å². The summed E-state index contributed by atoms with van der Waals surface area (Å²) < 4.78 is 0. The van der Waals surface area contributed by atoms with Crippen molar-refractivity contribution >= 4 is 5.78 Å². The van der Waals surface area contributed by atoms with Crippen molar-refractivity contribution in [2.45, 2.75) is 38.1 Å². The number of allylic oxidation sites excluding steroid dienone is 1. The molecule has 0 radical (unpaired) electrons. The van der Waals surface area contributed by atoms with Crippen LogP contribution in [0.2, 0.25) is 0 Å². The van der Waals surface area contributed by atoms with Crippen LogP contribution in [0.4, 0.5) is 0 Å². The Morgan fingerprint density at radius 3 is 2.92 bits per heavy atom. The first-order valence-corrected chi connectivity index (χ1v) is 4.64. The second kappa shape index (κ2) is 3.85. The Morgan fingerprint density at radius 1 is 1.75 bits per heavy atom. The van der Waals surface area contributed by atoms with E-state index in [1.165, 1.54) is 0 Å². The summed E-state index contributed by atoms with van der Waals surface area (Å²) in [6.07, 6.45) is 5.22. The molecular formula is C10H17NO. The van der Waals surface area contributed by atoms with E-state index >= 15 is 0 Å². The molecule has 1 N–H and O–H groups in total. The topological polar surface area (TPSA) is 29.1 Å². The minimum atomic E-state index is -0.214. The van der Waals surface area contributed by atoms with Crippen LogP contribution in [-0.2, 0) is 4.79 Å². The maximum Gasteiger partial charge on any atom is 0.156 e. The number of nitrogens with one attached hydrogen (secondary N) is 1. The number of rotatable bonds is 4. The summed E-state index contributed by atoms with van der Waals surface area (Å²) in [7, 11) is 0. The van der Waals surface area contributed by atoms with Crippen LogP contribution >= 0.6 is 0 Å². The lowest BCUT2D eigenvalue weighted by Crippen LogP contribution is -2.46. The zero-order valence-corrected chi connectivity index (χ0v) is 7.73. The van der Waals surface area contributed by atoms with E-state index in [9.17, 15) is 4.79 Å². The average Bonchev–Trinajstić information content (AvgIpc) is 2.54. The van der Waals surface area contributed by atoms with Crippen LogP contribution in [0.5, 0.6) is 0 Å². The predicted octanol–water partition coefficient (Wildman–Crippen LogP) is 1.66. The van der Waals surface area contributed by atoms with Crippen molar-refractivity contribution < 1.29 is 4.79 Å². The summed E-state index contributed by atoms with van der Waals surface area (Å²) in [4.78, 5) is 11.7. The SMILES string of the molecule is C=CCC(=O)C1(CC)CCCN1. The monoisotopic (exact) mass is 167 g/mol. The highest BCUT2D eigenvalue weighted by Crippen LogP contribution is 2.25. The molecule has 1 unspecified atom stereocenters. The van der Waals surface area contributed by atoms with Gasteiger partial charge in [-0.3, -0.25) is 4.79 Å². The Labute approximate surface area is 74.0 Å². The fourth-order valence-corrected chi connectivity index (χ4v) is 1.87. The van der Waals surface area contributed by atoms with Gasteiger partial charge in [0.2, 0.25) is 0 Å². The van der Waals surface area contributed by atoms with Gasteiger partial charge in [0, 0.05) is 6.42 Å². The fraction of sp³-hybridized carbons (Fsp3) is 0.700. The van der Waals surface area contributed by atoms with Gasteiger partial charge < -0.3 is 5.32 Å². The van der Waals surface area contributed by atoms with Gasteiger partial charge in [0.05, 0.1) is 5.54 Å². The van der Waals surface area contributed by atoms with E-state index in [1.54, 1.807) is 6.08 Å². The molecule has 1 rings (SSSR count). The molecule has 1 aliphatic heterocycles. The lowest BCUT2D eigenvalue weighted by molar-refractivity contribution is -0.124. The molecule has 0 bridgehead atoms. The summed E-state index contributed by atoms with van der Waals surface area (Å²) in [6, 6.07) is 0. The molecule has 0 amide bonds. The number of carbonyl (C=O) groups is 1. The maximum atomic E-state index is 11.7. The van der Waals surface area contributed by atoms with E-state index in [1.807, 2.05) is 0 Å². The standard InChI is InChI=1S/C10H17NO/c1-3-6-9(12)10(4-2)7-5-8-11-10/h3,11H,1,4-8H2,2H3. The lowest BCUT2D eigenvalue weighted by Gasteiger charge is -2.25. The van der Waals surface area contributed by atoms with Crippen molar-refractivity contribution in [3.63, 3.8) is 0 Å². The van der Waals surface area contributed by atoms with Gasteiger partial charge in [-0.1, -0.05) is 13.0 Å². The van der Waals surface area contributed by atoms with Gasteiger partial charge in [0.25, 0.3) is 0 Å². The predicted molar refractivity (Wildman–Crippen MR) is 50.1 cm³/mol. The van der Waals surface area contributed by atoms with E-state index in [-0.39, 0.29) is 5.54 Å². The van der Waals surface area contributed by atoms with Gasteiger partial charge in [0.15, 0.2) is 5.78 Å². The molecule has 0 saturated carbocycles. The molecule has 0 aromatic carbocycles. The first-order chi connectivity index (χ1) is 5.75. The van der Waals surface area contributed by atoms with Gasteiger partial charge in [-0.15, -0.1) is 6.58 Å². The largest absolute Gasteiger partial charge is 0.305 e. The van der Waals surface area contributed by atoms with Crippen LogP contribution in [0.3, 0.4) is 0 Å². The van der Waals surface area contributed by atoms with Crippen molar-refractivity contribution in [2.24, 2.45) is 0 Å². The highest BCUT2D eigenvalue weighted by molar-refractivity contribution is 5.89. The fourth-order valence-electron chi connectivity index (χ4n) is 1.87. The van der Waals surface area contributed by atoms with Crippen molar-refractivity contribution in [3.05, 3.63) is 12.7 Å². The van der Waals surface area contributed by atoms with Crippen LogP contribution in [0.15, 0.2) is 12.7 Å². The molecule has 1 aliphatic rings. The van der Waals surface area contributed by atoms with Gasteiger partial charge in [-0.05, 0) is 25.8 Å². The summed E-state index contributed by atoms with van der Waals surface area (Å²) in [6.45, 7) is 6.64. The van der Waals surface area contributed by atoms with Crippen molar-refractivity contribution in [3.8, 4) is 0 Å². The smallest absolute Gasteiger partial charge is 0.156 e. The second-order valence-corrected chi connectivity index (χ2v) is 3.38. The Morgan fingerprint density at radius 2 is 2.50 bits per heavy atom. The first-order valence-electron chi connectivity index (χ1n) is 4.64. The lowest BCUT2D eigenvalue weighted by atomic mass is 9.87. The molecule has 1 heterocycles. The zero-order chi connectivity index (χ0) is 9.03.